The molecule has 1 aliphatic rings. The van der Waals surface area contributed by atoms with Crippen LogP contribution >= 0.6 is 0 Å². The molecule has 1 aromatic carbocycles. The third-order valence-corrected chi connectivity index (χ3v) is 2.69. The number of halogens is 1. The van der Waals surface area contributed by atoms with Gasteiger partial charge in [0.2, 0.25) is 0 Å². The van der Waals surface area contributed by atoms with E-state index in [-0.39, 0.29) is 5.82 Å². The van der Waals surface area contributed by atoms with Gasteiger partial charge in [0.15, 0.2) is 0 Å². The number of benzene rings is 1. The fraction of sp³-hybridized carbons (Fsp3) is 0.455. The van der Waals surface area contributed by atoms with E-state index in [1.807, 2.05) is 19.2 Å². The van der Waals surface area contributed by atoms with Crippen molar-refractivity contribution in [3.63, 3.8) is 0 Å². The molecule has 1 nitrogen and oxygen atoms in total. The molecule has 0 radical (unpaired) electrons. The first-order chi connectivity index (χ1) is 6.33. The van der Waals surface area contributed by atoms with Crippen molar-refractivity contribution in [1.29, 1.82) is 0 Å². The first-order valence-corrected chi connectivity index (χ1v) is 4.72. The molecule has 2 rings (SSSR count). The molecule has 2 heteroatoms. The largest absolute Gasteiger partial charge is 0.319 e. The second kappa shape index (κ2) is 3.46. The average molecular weight is 179 g/mol. The molecule has 13 heavy (non-hydrogen) atoms. The maximum absolute atomic E-state index is 13.3. The number of hydrogen-bond donors (Lipinski definition) is 1. The lowest BCUT2D eigenvalue weighted by Gasteiger charge is -2.01. The van der Waals surface area contributed by atoms with Gasteiger partial charge < -0.3 is 5.32 Å². The van der Waals surface area contributed by atoms with Gasteiger partial charge in [-0.05, 0) is 43.5 Å². The summed E-state index contributed by atoms with van der Waals surface area (Å²) in [5, 5.41) is 3.13. The Morgan fingerprint density at radius 3 is 2.92 bits per heavy atom. The Bertz CT molecular complexity index is 298. The van der Waals surface area contributed by atoms with Crippen LogP contribution in [0.2, 0.25) is 0 Å². The minimum Gasteiger partial charge on any atom is -0.319 e. The maximum atomic E-state index is 13.3. The van der Waals surface area contributed by atoms with Gasteiger partial charge in [-0.3, -0.25) is 0 Å². The van der Waals surface area contributed by atoms with Gasteiger partial charge in [0.05, 0.1) is 0 Å². The van der Waals surface area contributed by atoms with Crippen molar-refractivity contribution < 1.29 is 4.39 Å². The van der Waals surface area contributed by atoms with Gasteiger partial charge in [0, 0.05) is 0 Å². The van der Waals surface area contributed by atoms with Crippen LogP contribution in [0.25, 0.3) is 0 Å². The van der Waals surface area contributed by atoms with Crippen LogP contribution in [0.1, 0.15) is 17.9 Å². The molecule has 0 aliphatic heterocycles. The van der Waals surface area contributed by atoms with Crippen LogP contribution in [0, 0.1) is 11.7 Å². The van der Waals surface area contributed by atoms with E-state index < -0.39 is 0 Å². The second-order valence-electron chi connectivity index (χ2n) is 3.68. The summed E-state index contributed by atoms with van der Waals surface area (Å²) < 4.78 is 13.3. The minimum absolute atomic E-state index is 0.0499. The lowest BCUT2D eigenvalue weighted by Crippen LogP contribution is -2.10. The van der Waals surface area contributed by atoms with Crippen molar-refractivity contribution in [2.45, 2.75) is 12.3 Å². The number of nitrogens with one attached hydrogen (secondary N) is 1. The van der Waals surface area contributed by atoms with Crippen LogP contribution in [0.4, 0.5) is 4.39 Å². The highest BCUT2D eigenvalue weighted by Gasteiger charge is 2.38. The second-order valence-corrected chi connectivity index (χ2v) is 3.68. The molecule has 1 aliphatic carbocycles. The third-order valence-electron chi connectivity index (χ3n) is 2.69. The van der Waals surface area contributed by atoms with Crippen molar-refractivity contribution in [3.8, 4) is 0 Å². The lowest BCUT2D eigenvalue weighted by atomic mass is 10.1. The lowest BCUT2D eigenvalue weighted by molar-refractivity contribution is 0.602. The van der Waals surface area contributed by atoms with E-state index in [1.54, 1.807) is 12.1 Å². The van der Waals surface area contributed by atoms with Crippen LogP contribution in [0.5, 0.6) is 0 Å². The number of hydrogen-bond acceptors (Lipinski definition) is 1. The predicted octanol–water partition coefficient (Wildman–Crippen LogP) is 2.15. The minimum atomic E-state index is -0.0499. The van der Waals surface area contributed by atoms with E-state index in [0.29, 0.717) is 11.8 Å². The zero-order valence-corrected chi connectivity index (χ0v) is 7.76. The predicted molar refractivity (Wildman–Crippen MR) is 51.2 cm³/mol. The van der Waals surface area contributed by atoms with Gasteiger partial charge in [0.1, 0.15) is 5.82 Å². The quantitative estimate of drug-likeness (QED) is 0.749. The van der Waals surface area contributed by atoms with Crippen molar-refractivity contribution in [1.82, 2.24) is 5.32 Å². The molecule has 0 unspecified atom stereocenters. The molecule has 0 amide bonds. The zero-order chi connectivity index (χ0) is 9.26. The van der Waals surface area contributed by atoms with Gasteiger partial charge in [0.25, 0.3) is 0 Å². The van der Waals surface area contributed by atoms with Crippen LogP contribution < -0.4 is 5.32 Å². The molecule has 70 valence electrons. The smallest absolute Gasteiger partial charge is 0.126 e. The van der Waals surface area contributed by atoms with Crippen LogP contribution in [0.15, 0.2) is 24.3 Å². The Labute approximate surface area is 78.0 Å². The molecular weight excluding hydrogens is 165 g/mol. The van der Waals surface area contributed by atoms with Crippen molar-refractivity contribution in [2.75, 3.05) is 13.6 Å². The molecule has 1 fully saturated rings. The summed E-state index contributed by atoms with van der Waals surface area (Å²) in [5.41, 5.74) is 0.891. The Morgan fingerprint density at radius 1 is 1.46 bits per heavy atom. The van der Waals surface area contributed by atoms with E-state index in [4.69, 9.17) is 0 Å². The molecule has 0 heterocycles. The van der Waals surface area contributed by atoms with Crippen LogP contribution in [-0.4, -0.2) is 13.6 Å². The number of rotatable bonds is 3. The average Bonchev–Trinajstić information content (AvgIpc) is 2.86. The first-order valence-electron chi connectivity index (χ1n) is 4.72. The highest BCUT2D eigenvalue weighted by molar-refractivity contribution is 5.27. The summed E-state index contributed by atoms with van der Waals surface area (Å²) in [4.78, 5) is 0. The molecule has 1 N–H and O–H groups in total. The summed E-state index contributed by atoms with van der Waals surface area (Å²) in [6.07, 6.45) is 1.13. The zero-order valence-electron chi connectivity index (χ0n) is 7.76. The van der Waals surface area contributed by atoms with Gasteiger partial charge in [-0.15, -0.1) is 0 Å². The van der Waals surface area contributed by atoms with Crippen LogP contribution in [-0.2, 0) is 0 Å². The highest BCUT2D eigenvalue weighted by atomic mass is 19.1. The van der Waals surface area contributed by atoms with Gasteiger partial charge in [-0.2, -0.15) is 0 Å². The Kier molecular flexibility index (Phi) is 2.32. The summed E-state index contributed by atoms with van der Waals surface area (Å²) in [6.45, 7) is 0.999. The molecule has 0 spiro atoms. The first kappa shape index (κ1) is 8.70. The van der Waals surface area contributed by atoms with Gasteiger partial charge >= 0.3 is 0 Å². The fourth-order valence-corrected chi connectivity index (χ4v) is 1.89. The molecule has 0 bridgehead atoms. The van der Waals surface area contributed by atoms with Gasteiger partial charge in [-0.1, -0.05) is 18.2 Å². The van der Waals surface area contributed by atoms with Crippen molar-refractivity contribution in [3.05, 3.63) is 35.6 Å². The van der Waals surface area contributed by atoms with E-state index in [0.717, 1.165) is 18.5 Å². The molecule has 0 saturated heterocycles. The monoisotopic (exact) mass is 179 g/mol. The van der Waals surface area contributed by atoms with E-state index in [9.17, 15) is 4.39 Å². The van der Waals surface area contributed by atoms with E-state index in [2.05, 4.69) is 5.32 Å². The standard InChI is InChI=1S/C11H14FN/c1-13-7-8-6-10(8)9-4-2-3-5-11(9)12/h2-5,8,10,13H,6-7H2,1H3/t8-,10-/m1/s1. The molecule has 1 aromatic rings. The van der Waals surface area contributed by atoms with E-state index >= 15 is 0 Å². The Hall–Kier alpha value is -0.890. The molecule has 1 saturated carbocycles. The van der Waals surface area contributed by atoms with Crippen molar-refractivity contribution >= 4 is 0 Å². The summed E-state index contributed by atoms with van der Waals surface area (Å²) >= 11 is 0. The third kappa shape index (κ3) is 1.73. The highest BCUT2D eigenvalue weighted by Crippen LogP contribution is 2.47. The summed E-state index contributed by atoms with van der Waals surface area (Å²) in [7, 11) is 1.94. The maximum Gasteiger partial charge on any atom is 0.126 e. The SMILES string of the molecule is CNC[C@H]1C[C@H]1c1ccccc1F. The normalized spacial score (nSPS) is 26.0. The summed E-state index contributed by atoms with van der Waals surface area (Å²) in [5.74, 6) is 1.04. The Morgan fingerprint density at radius 2 is 2.23 bits per heavy atom. The van der Waals surface area contributed by atoms with Crippen molar-refractivity contribution in [2.24, 2.45) is 5.92 Å². The fourth-order valence-electron chi connectivity index (χ4n) is 1.89. The van der Waals surface area contributed by atoms with Gasteiger partial charge in [-0.25, -0.2) is 4.39 Å². The topological polar surface area (TPSA) is 12.0 Å². The van der Waals surface area contributed by atoms with Crippen LogP contribution in [0.3, 0.4) is 0 Å². The summed E-state index contributed by atoms with van der Waals surface area (Å²) in [6, 6.07) is 7.10. The molecule has 0 aromatic heterocycles. The molecule has 2 atom stereocenters. The van der Waals surface area contributed by atoms with E-state index in [1.165, 1.54) is 0 Å². The Balaban J connectivity index is 2.07. The molecular formula is C11H14FN.